The first-order chi connectivity index (χ1) is 5.62. The van der Waals surface area contributed by atoms with E-state index in [0.29, 0.717) is 11.8 Å². The summed E-state index contributed by atoms with van der Waals surface area (Å²) in [5, 5.41) is 8.56. The minimum absolute atomic E-state index is 0.330. The zero-order valence-corrected chi connectivity index (χ0v) is 7.81. The van der Waals surface area contributed by atoms with Crippen molar-refractivity contribution in [1.29, 1.82) is 0 Å². The van der Waals surface area contributed by atoms with E-state index in [1.54, 1.807) is 0 Å². The van der Waals surface area contributed by atoms with Crippen molar-refractivity contribution in [2.45, 2.75) is 51.9 Å². The number of rotatable bonds is 3. The number of carboxylic acid groups (broad SMARTS) is 1. The fraction of sp³-hybridized carbons (Fsp3) is 0.900. The molecule has 0 radical (unpaired) electrons. The fourth-order valence-electron chi connectivity index (χ4n) is 2.06. The van der Waals surface area contributed by atoms with Crippen LogP contribution in [0.4, 0.5) is 0 Å². The van der Waals surface area contributed by atoms with E-state index >= 15 is 0 Å². The van der Waals surface area contributed by atoms with Gasteiger partial charge in [-0.15, -0.1) is 0 Å². The van der Waals surface area contributed by atoms with Crippen LogP contribution in [0.3, 0.4) is 0 Å². The SMILES string of the molecule is CC1(CCC(=O)O)CCCCC1. The Labute approximate surface area is 74.0 Å². The third-order valence-corrected chi connectivity index (χ3v) is 3.00. The Bertz CT molecular complexity index is 157. The highest BCUT2D eigenvalue weighted by Crippen LogP contribution is 2.39. The molecule has 70 valence electrons. The molecule has 1 fully saturated rings. The van der Waals surface area contributed by atoms with Crippen molar-refractivity contribution in [2.24, 2.45) is 5.41 Å². The summed E-state index contributed by atoms with van der Waals surface area (Å²) in [5.41, 5.74) is 0.330. The van der Waals surface area contributed by atoms with Crippen LogP contribution in [-0.4, -0.2) is 11.1 Å². The second-order valence-corrected chi connectivity index (χ2v) is 4.27. The number of hydrogen-bond acceptors (Lipinski definition) is 1. The van der Waals surface area contributed by atoms with Gasteiger partial charge < -0.3 is 5.11 Å². The number of aliphatic carboxylic acids is 1. The van der Waals surface area contributed by atoms with Crippen molar-refractivity contribution < 1.29 is 9.90 Å². The monoisotopic (exact) mass is 170 g/mol. The summed E-state index contributed by atoms with van der Waals surface area (Å²) in [4.78, 5) is 10.4. The quantitative estimate of drug-likeness (QED) is 0.707. The summed E-state index contributed by atoms with van der Waals surface area (Å²) in [6.45, 7) is 2.23. The lowest BCUT2D eigenvalue weighted by molar-refractivity contribution is -0.137. The smallest absolute Gasteiger partial charge is 0.303 e. The molecule has 0 aromatic heterocycles. The zero-order chi connectivity index (χ0) is 9.03. The van der Waals surface area contributed by atoms with E-state index in [1.807, 2.05) is 0 Å². The number of carbonyl (C=O) groups is 1. The summed E-state index contributed by atoms with van der Waals surface area (Å²) >= 11 is 0. The highest BCUT2D eigenvalue weighted by Gasteiger charge is 2.26. The first-order valence-corrected chi connectivity index (χ1v) is 4.84. The van der Waals surface area contributed by atoms with Gasteiger partial charge in [-0.3, -0.25) is 4.79 Å². The molecule has 0 bridgehead atoms. The van der Waals surface area contributed by atoms with Crippen LogP contribution in [0.2, 0.25) is 0 Å². The van der Waals surface area contributed by atoms with Crippen LogP contribution in [0.5, 0.6) is 0 Å². The van der Waals surface area contributed by atoms with E-state index in [2.05, 4.69) is 6.92 Å². The normalized spacial score (nSPS) is 22.1. The summed E-state index contributed by atoms with van der Waals surface area (Å²) in [6.07, 6.45) is 7.56. The van der Waals surface area contributed by atoms with E-state index < -0.39 is 5.97 Å². The van der Waals surface area contributed by atoms with Gasteiger partial charge in [0.1, 0.15) is 0 Å². The molecule has 12 heavy (non-hydrogen) atoms. The Morgan fingerprint density at radius 3 is 2.42 bits per heavy atom. The molecule has 1 N–H and O–H groups in total. The maximum Gasteiger partial charge on any atom is 0.303 e. The maximum atomic E-state index is 10.4. The van der Waals surface area contributed by atoms with E-state index in [9.17, 15) is 4.79 Å². The number of carboxylic acids is 1. The molecule has 0 atom stereocenters. The topological polar surface area (TPSA) is 37.3 Å². The predicted molar refractivity (Wildman–Crippen MR) is 48.1 cm³/mol. The van der Waals surface area contributed by atoms with Gasteiger partial charge in [-0.05, 0) is 24.7 Å². The van der Waals surface area contributed by atoms with Crippen LogP contribution in [0.1, 0.15) is 51.9 Å². The maximum absolute atomic E-state index is 10.4. The van der Waals surface area contributed by atoms with Gasteiger partial charge in [-0.1, -0.05) is 26.2 Å². The molecule has 0 aliphatic heterocycles. The van der Waals surface area contributed by atoms with Crippen molar-refractivity contribution >= 4 is 5.97 Å². The van der Waals surface area contributed by atoms with E-state index in [1.165, 1.54) is 32.1 Å². The second kappa shape index (κ2) is 3.92. The average Bonchev–Trinajstić information content (AvgIpc) is 2.03. The molecule has 0 aromatic rings. The zero-order valence-electron chi connectivity index (χ0n) is 7.81. The molecule has 1 rings (SSSR count). The van der Waals surface area contributed by atoms with Crippen molar-refractivity contribution in [2.75, 3.05) is 0 Å². The predicted octanol–water partition coefficient (Wildman–Crippen LogP) is 2.82. The third-order valence-electron chi connectivity index (χ3n) is 3.00. The van der Waals surface area contributed by atoms with Gasteiger partial charge in [0.15, 0.2) is 0 Å². The van der Waals surface area contributed by atoms with E-state index in [-0.39, 0.29) is 0 Å². The first kappa shape index (κ1) is 9.56. The molecule has 1 saturated carbocycles. The number of hydrogen-bond donors (Lipinski definition) is 1. The molecular formula is C10H18O2. The van der Waals surface area contributed by atoms with Gasteiger partial charge in [-0.2, -0.15) is 0 Å². The Balaban J connectivity index is 2.31. The van der Waals surface area contributed by atoms with Gasteiger partial charge in [0.2, 0.25) is 0 Å². The Hall–Kier alpha value is -0.530. The Morgan fingerprint density at radius 1 is 1.33 bits per heavy atom. The lowest BCUT2D eigenvalue weighted by Gasteiger charge is -2.33. The Kier molecular flexibility index (Phi) is 3.12. The minimum atomic E-state index is -0.651. The molecule has 0 spiro atoms. The largest absolute Gasteiger partial charge is 0.481 e. The fourth-order valence-corrected chi connectivity index (χ4v) is 2.06. The summed E-state index contributed by atoms with van der Waals surface area (Å²) in [7, 11) is 0. The molecule has 0 aromatic carbocycles. The lowest BCUT2D eigenvalue weighted by atomic mass is 9.73. The summed E-state index contributed by atoms with van der Waals surface area (Å²) in [6, 6.07) is 0. The third kappa shape index (κ3) is 2.84. The van der Waals surface area contributed by atoms with Crippen LogP contribution >= 0.6 is 0 Å². The lowest BCUT2D eigenvalue weighted by Crippen LogP contribution is -2.21. The van der Waals surface area contributed by atoms with Gasteiger partial charge in [0.25, 0.3) is 0 Å². The molecule has 1 aliphatic carbocycles. The van der Waals surface area contributed by atoms with Crippen LogP contribution in [-0.2, 0) is 4.79 Å². The van der Waals surface area contributed by atoms with Gasteiger partial charge in [-0.25, -0.2) is 0 Å². The minimum Gasteiger partial charge on any atom is -0.481 e. The molecule has 2 nitrogen and oxygen atoms in total. The first-order valence-electron chi connectivity index (χ1n) is 4.84. The van der Waals surface area contributed by atoms with Gasteiger partial charge in [0, 0.05) is 6.42 Å². The van der Waals surface area contributed by atoms with Crippen molar-refractivity contribution in [1.82, 2.24) is 0 Å². The molecule has 1 aliphatic rings. The second-order valence-electron chi connectivity index (χ2n) is 4.27. The van der Waals surface area contributed by atoms with E-state index in [0.717, 1.165) is 6.42 Å². The van der Waals surface area contributed by atoms with Gasteiger partial charge in [0.05, 0.1) is 0 Å². The van der Waals surface area contributed by atoms with Crippen LogP contribution in [0.25, 0.3) is 0 Å². The van der Waals surface area contributed by atoms with Gasteiger partial charge >= 0.3 is 5.97 Å². The van der Waals surface area contributed by atoms with Crippen LogP contribution in [0.15, 0.2) is 0 Å². The highest BCUT2D eigenvalue weighted by molar-refractivity contribution is 5.66. The van der Waals surface area contributed by atoms with Crippen LogP contribution < -0.4 is 0 Å². The highest BCUT2D eigenvalue weighted by atomic mass is 16.4. The molecule has 0 heterocycles. The van der Waals surface area contributed by atoms with Crippen molar-refractivity contribution in [3.63, 3.8) is 0 Å². The van der Waals surface area contributed by atoms with Crippen molar-refractivity contribution in [3.8, 4) is 0 Å². The van der Waals surface area contributed by atoms with E-state index in [4.69, 9.17) is 5.11 Å². The molecule has 2 heteroatoms. The summed E-state index contributed by atoms with van der Waals surface area (Å²) in [5.74, 6) is -0.651. The molecule has 0 unspecified atom stereocenters. The van der Waals surface area contributed by atoms with Crippen LogP contribution in [0, 0.1) is 5.41 Å². The molecule has 0 amide bonds. The summed E-state index contributed by atoms with van der Waals surface area (Å²) < 4.78 is 0. The Morgan fingerprint density at radius 2 is 1.92 bits per heavy atom. The molecular weight excluding hydrogens is 152 g/mol. The average molecular weight is 170 g/mol. The molecule has 0 saturated heterocycles. The standard InChI is InChI=1S/C10H18O2/c1-10(8-5-9(11)12)6-3-2-4-7-10/h2-8H2,1H3,(H,11,12). The van der Waals surface area contributed by atoms with Crippen molar-refractivity contribution in [3.05, 3.63) is 0 Å².